The lowest BCUT2D eigenvalue weighted by Crippen LogP contribution is -2.30. The zero-order valence-corrected chi connectivity index (χ0v) is 56.7. The van der Waals surface area contributed by atoms with Crippen molar-refractivity contribution >= 4 is 39.5 Å². The smallest absolute Gasteiger partial charge is 0.462 e. The topological polar surface area (TPSA) is 237 Å². The van der Waals surface area contributed by atoms with Crippen LogP contribution in [0.25, 0.3) is 0 Å². The Bertz CT molecular complexity index is 1670. The molecule has 0 aromatic rings. The van der Waals surface area contributed by atoms with Crippen LogP contribution in [-0.2, 0) is 65.4 Å². The number of esters is 4. The standard InChI is InChI=1S/C66H128O17P2/c1-7-10-12-14-16-30-36-42-48-63(68)76-54-61(82-65(70)50-44-38-31-17-15-13-11-8-2)56-80-84(72,73)78-52-60(67)53-79-85(74,75)81-57-62(55-77-64(69)49-43-37-32-26-23-22-25-29-35-41-47-59(6)9-3)83-66(71)51-45-39-33-27-21-19-18-20-24-28-34-40-46-58(4)5/h58-62,67H,7-57H2,1-6H3,(H,72,73)(H,74,75)/t59?,60-,61+,62+/m0/s1. The van der Waals surface area contributed by atoms with Crippen LogP contribution < -0.4 is 0 Å². The Morgan fingerprint density at radius 3 is 0.894 bits per heavy atom. The van der Waals surface area contributed by atoms with Gasteiger partial charge in [-0.3, -0.25) is 37.3 Å². The number of phosphoric ester groups is 2. The molecular weight excluding hydrogens is 1130 g/mol. The van der Waals surface area contributed by atoms with Gasteiger partial charge < -0.3 is 33.8 Å². The van der Waals surface area contributed by atoms with Crippen molar-refractivity contribution in [2.24, 2.45) is 11.8 Å². The first-order valence-corrected chi connectivity index (χ1v) is 37.5. The average Bonchev–Trinajstić information content (AvgIpc) is 3.53. The average molecular weight is 1260 g/mol. The Kier molecular flexibility index (Phi) is 57.1. The molecule has 3 unspecified atom stereocenters. The highest BCUT2D eigenvalue weighted by Gasteiger charge is 2.30. The zero-order valence-electron chi connectivity index (χ0n) is 54.9. The van der Waals surface area contributed by atoms with Crippen LogP contribution in [0.1, 0.15) is 330 Å². The van der Waals surface area contributed by atoms with Gasteiger partial charge in [0, 0.05) is 25.7 Å². The second-order valence-corrected chi connectivity index (χ2v) is 27.5. The van der Waals surface area contributed by atoms with Gasteiger partial charge in [0.05, 0.1) is 26.4 Å². The maximum absolute atomic E-state index is 13.0. The van der Waals surface area contributed by atoms with Crippen molar-refractivity contribution in [2.45, 2.75) is 349 Å². The van der Waals surface area contributed by atoms with Crippen molar-refractivity contribution in [3.8, 4) is 0 Å². The lowest BCUT2D eigenvalue weighted by Gasteiger charge is -2.21. The van der Waals surface area contributed by atoms with E-state index in [1.807, 2.05) is 0 Å². The van der Waals surface area contributed by atoms with Crippen molar-refractivity contribution in [2.75, 3.05) is 39.6 Å². The van der Waals surface area contributed by atoms with E-state index >= 15 is 0 Å². The molecule has 0 aromatic carbocycles. The van der Waals surface area contributed by atoms with Gasteiger partial charge in [0.1, 0.15) is 19.3 Å². The third kappa shape index (κ3) is 59.5. The molecule has 0 aromatic heterocycles. The summed E-state index contributed by atoms with van der Waals surface area (Å²) in [4.78, 5) is 72.2. The van der Waals surface area contributed by atoms with Crippen LogP contribution in [0.4, 0.5) is 0 Å². The van der Waals surface area contributed by atoms with Gasteiger partial charge in [0.25, 0.3) is 0 Å². The van der Waals surface area contributed by atoms with Crippen molar-refractivity contribution in [1.29, 1.82) is 0 Å². The molecule has 0 saturated carbocycles. The summed E-state index contributed by atoms with van der Waals surface area (Å²) in [6, 6.07) is 0. The number of aliphatic hydroxyl groups is 1. The van der Waals surface area contributed by atoms with E-state index in [1.54, 1.807) is 0 Å². The van der Waals surface area contributed by atoms with Gasteiger partial charge in [-0.15, -0.1) is 0 Å². The molecule has 0 aliphatic carbocycles. The van der Waals surface area contributed by atoms with E-state index < -0.39 is 97.5 Å². The predicted octanol–water partition coefficient (Wildman–Crippen LogP) is 18.4. The van der Waals surface area contributed by atoms with Crippen LogP contribution in [0.15, 0.2) is 0 Å². The molecule has 504 valence electrons. The van der Waals surface area contributed by atoms with Gasteiger partial charge >= 0.3 is 39.5 Å². The second kappa shape index (κ2) is 58.4. The highest BCUT2D eigenvalue weighted by Crippen LogP contribution is 2.45. The number of aliphatic hydroxyl groups excluding tert-OH is 1. The molecule has 0 spiro atoms. The van der Waals surface area contributed by atoms with Gasteiger partial charge in [0.15, 0.2) is 12.2 Å². The molecule has 0 fully saturated rings. The maximum atomic E-state index is 13.0. The molecule has 17 nitrogen and oxygen atoms in total. The fourth-order valence-corrected chi connectivity index (χ4v) is 11.4. The summed E-state index contributed by atoms with van der Waals surface area (Å²) >= 11 is 0. The van der Waals surface area contributed by atoms with E-state index in [1.165, 1.54) is 135 Å². The van der Waals surface area contributed by atoms with Crippen molar-refractivity contribution in [1.82, 2.24) is 0 Å². The summed E-state index contributed by atoms with van der Waals surface area (Å²) in [7, 11) is -9.88. The molecule has 0 saturated heterocycles. The Morgan fingerprint density at radius 2 is 0.600 bits per heavy atom. The second-order valence-electron chi connectivity index (χ2n) is 24.6. The van der Waals surface area contributed by atoms with E-state index in [0.29, 0.717) is 25.7 Å². The quantitative estimate of drug-likeness (QED) is 0.0222. The minimum Gasteiger partial charge on any atom is -0.462 e. The SMILES string of the molecule is CCCCCCCCCCC(=O)OC[C@H](COP(=O)(O)OC[C@H](O)COP(=O)(O)OC[C@@H](COC(=O)CCCCCCCCCCCCC(C)CC)OC(=O)CCCCCCCCCCCCCCC(C)C)OC(=O)CCCCCCCCCC. The number of carbonyl (C=O) groups is 4. The van der Waals surface area contributed by atoms with Crippen molar-refractivity contribution in [3.63, 3.8) is 0 Å². The van der Waals surface area contributed by atoms with Gasteiger partial charge in [-0.25, -0.2) is 9.13 Å². The highest BCUT2D eigenvalue weighted by molar-refractivity contribution is 7.47. The molecule has 3 N–H and O–H groups in total. The van der Waals surface area contributed by atoms with Crippen LogP contribution in [0.2, 0.25) is 0 Å². The number of phosphoric acid groups is 2. The molecule has 0 aliphatic heterocycles. The fourth-order valence-electron chi connectivity index (χ4n) is 9.85. The van der Waals surface area contributed by atoms with E-state index in [9.17, 15) is 43.2 Å². The van der Waals surface area contributed by atoms with E-state index in [0.717, 1.165) is 115 Å². The van der Waals surface area contributed by atoms with E-state index in [2.05, 4.69) is 41.5 Å². The first-order chi connectivity index (χ1) is 40.9. The van der Waals surface area contributed by atoms with Crippen LogP contribution in [0.5, 0.6) is 0 Å². The molecule has 19 heteroatoms. The summed E-state index contributed by atoms with van der Waals surface area (Å²) in [6.07, 6.45) is 41.7. The molecule has 85 heavy (non-hydrogen) atoms. The fraction of sp³-hybridized carbons (Fsp3) is 0.939. The molecule has 0 heterocycles. The minimum absolute atomic E-state index is 0.105. The third-order valence-corrected chi connectivity index (χ3v) is 17.5. The molecule has 0 amide bonds. The number of hydrogen-bond donors (Lipinski definition) is 3. The molecule has 6 atom stereocenters. The molecule has 0 aliphatic rings. The number of hydrogen-bond acceptors (Lipinski definition) is 15. The Morgan fingerprint density at radius 1 is 0.341 bits per heavy atom. The Balaban J connectivity index is 5.21. The largest absolute Gasteiger partial charge is 0.472 e. The summed E-state index contributed by atoms with van der Waals surface area (Å²) < 4.78 is 68.0. The lowest BCUT2D eigenvalue weighted by molar-refractivity contribution is -0.161. The normalized spacial score (nSPS) is 14.6. The number of rotatable bonds is 65. The predicted molar refractivity (Wildman–Crippen MR) is 340 cm³/mol. The number of ether oxygens (including phenoxy) is 4. The molecule has 0 bridgehead atoms. The summed E-state index contributed by atoms with van der Waals surface area (Å²) in [6.45, 7) is 9.50. The first kappa shape index (κ1) is 83.1. The Hall–Kier alpha value is -1.94. The van der Waals surface area contributed by atoms with E-state index in [4.69, 9.17) is 37.0 Å². The Labute approximate surface area is 517 Å². The number of carbonyl (C=O) groups excluding carboxylic acids is 4. The molecule has 0 rings (SSSR count). The summed E-state index contributed by atoms with van der Waals surface area (Å²) in [5.74, 6) is -0.548. The summed E-state index contributed by atoms with van der Waals surface area (Å²) in [5.41, 5.74) is 0. The van der Waals surface area contributed by atoms with Crippen molar-refractivity contribution < 1.29 is 80.2 Å². The molecule has 0 radical (unpaired) electrons. The van der Waals surface area contributed by atoms with Crippen LogP contribution in [-0.4, -0.2) is 96.7 Å². The van der Waals surface area contributed by atoms with Gasteiger partial charge in [0.2, 0.25) is 0 Å². The van der Waals surface area contributed by atoms with Crippen LogP contribution in [0, 0.1) is 11.8 Å². The van der Waals surface area contributed by atoms with Crippen LogP contribution in [0.3, 0.4) is 0 Å². The zero-order chi connectivity index (χ0) is 62.9. The van der Waals surface area contributed by atoms with Crippen LogP contribution >= 0.6 is 15.6 Å². The van der Waals surface area contributed by atoms with Gasteiger partial charge in [-0.1, -0.05) is 279 Å². The third-order valence-electron chi connectivity index (χ3n) is 15.6. The first-order valence-electron chi connectivity index (χ1n) is 34.5. The molecular formula is C66H128O17P2. The minimum atomic E-state index is -4.95. The number of unbranched alkanes of at least 4 members (excludes halogenated alkanes) is 34. The van der Waals surface area contributed by atoms with E-state index in [-0.39, 0.29) is 25.7 Å². The van der Waals surface area contributed by atoms with Gasteiger partial charge in [-0.2, -0.15) is 0 Å². The monoisotopic (exact) mass is 1250 g/mol. The van der Waals surface area contributed by atoms with Gasteiger partial charge in [-0.05, 0) is 37.5 Å². The van der Waals surface area contributed by atoms with Crippen molar-refractivity contribution in [3.05, 3.63) is 0 Å². The highest BCUT2D eigenvalue weighted by atomic mass is 31.2. The lowest BCUT2D eigenvalue weighted by atomic mass is 9.99. The summed E-state index contributed by atoms with van der Waals surface area (Å²) in [5, 5.41) is 10.5. The maximum Gasteiger partial charge on any atom is 0.472 e.